The van der Waals surface area contributed by atoms with E-state index in [-0.39, 0.29) is 0 Å². The number of nitrogens with zero attached hydrogens (tertiary/aromatic N) is 3. The van der Waals surface area contributed by atoms with E-state index in [9.17, 15) is 0 Å². The minimum Gasteiger partial charge on any atom is -0.313 e. The van der Waals surface area contributed by atoms with Gasteiger partial charge in [-0.25, -0.2) is 4.98 Å². The quantitative estimate of drug-likeness (QED) is 0.845. The van der Waals surface area contributed by atoms with E-state index in [0.717, 1.165) is 24.5 Å². The van der Waals surface area contributed by atoms with Crippen molar-refractivity contribution in [3.8, 4) is 0 Å². The highest BCUT2D eigenvalue weighted by atomic mass is 32.1. The van der Waals surface area contributed by atoms with Crippen LogP contribution in [0.4, 0.5) is 0 Å². The average Bonchev–Trinajstić information content (AvgIpc) is 2.80. The zero-order valence-corrected chi connectivity index (χ0v) is 11.5. The molecule has 1 atom stereocenters. The molecule has 0 radical (unpaired) electrons. The van der Waals surface area contributed by atoms with Crippen molar-refractivity contribution in [3.63, 3.8) is 0 Å². The fourth-order valence-electron chi connectivity index (χ4n) is 2.01. The van der Waals surface area contributed by atoms with E-state index in [4.69, 9.17) is 0 Å². The molecule has 0 bridgehead atoms. The third-order valence-electron chi connectivity index (χ3n) is 2.73. The molecule has 4 nitrogen and oxygen atoms in total. The second kappa shape index (κ2) is 5.62. The number of aromatic nitrogens is 2. The number of likely N-dealkylation sites (N-methyl/N-ethyl adjacent to an activating group) is 1. The average molecular weight is 252 g/mol. The molecule has 2 aromatic rings. The fourth-order valence-corrected chi connectivity index (χ4v) is 2.90. The Morgan fingerprint density at radius 2 is 2.35 bits per heavy atom. The lowest BCUT2D eigenvalue weighted by Crippen LogP contribution is -2.36. The molecule has 2 aromatic heterocycles. The van der Waals surface area contributed by atoms with Gasteiger partial charge in [0.2, 0.25) is 0 Å². The molecule has 1 N–H and O–H groups in total. The number of nitrogens with one attached hydrogen (secondary N) is 1. The molecule has 0 spiro atoms. The Labute approximate surface area is 106 Å². The van der Waals surface area contributed by atoms with Gasteiger partial charge in [0.1, 0.15) is 0 Å². The molecule has 2 rings (SSSR count). The van der Waals surface area contributed by atoms with Crippen molar-refractivity contribution in [1.29, 1.82) is 0 Å². The predicted molar refractivity (Wildman–Crippen MR) is 72.8 cm³/mol. The second-order valence-electron chi connectivity index (χ2n) is 4.67. The van der Waals surface area contributed by atoms with E-state index >= 15 is 0 Å². The summed E-state index contributed by atoms with van der Waals surface area (Å²) in [5, 5.41) is 5.73. The highest BCUT2D eigenvalue weighted by Gasteiger charge is 2.05. The summed E-state index contributed by atoms with van der Waals surface area (Å²) in [4.78, 5) is 7.57. The predicted octanol–water partition coefficient (Wildman–Crippen LogP) is 1.48. The van der Waals surface area contributed by atoms with Gasteiger partial charge in [0, 0.05) is 49.0 Å². The first kappa shape index (κ1) is 12.5. The Kier molecular flexibility index (Phi) is 4.15. The van der Waals surface area contributed by atoms with Gasteiger partial charge in [-0.15, -0.1) is 11.3 Å². The summed E-state index contributed by atoms with van der Waals surface area (Å²) in [6.45, 7) is 4.31. The Morgan fingerprint density at radius 1 is 1.53 bits per heavy atom. The summed E-state index contributed by atoms with van der Waals surface area (Å²) in [6.07, 6.45) is 4.94. The summed E-state index contributed by atoms with van der Waals surface area (Å²) in [6, 6.07) is 0.530. The first-order chi connectivity index (χ1) is 8.16. The van der Waals surface area contributed by atoms with Crippen LogP contribution in [-0.2, 0) is 6.42 Å². The van der Waals surface area contributed by atoms with Crippen molar-refractivity contribution < 1.29 is 0 Å². The summed E-state index contributed by atoms with van der Waals surface area (Å²) in [7, 11) is 4.21. The van der Waals surface area contributed by atoms with Crippen molar-refractivity contribution in [2.24, 2.45) is 0 Å². The summed E-state index contributed by atoms with van der Waals surface area (Å²) in [5.74, 6) is 0. The molecular formula is C12H20N4S. The van der Waals surface area contributed by atoms with Crippen LogP contribution in [0.5, 0.6) is 0 Å². The third-order valence-corrected chi connectivity index (χ3v) is 3.63. The van der Waals surface area contributed by atoms with Gasteiger partial charge in [-0.05, 0) is 21.0 Å². The van der Waals surface area contributed by atoms with Crippen molar-refractivity contribution in [3.05, 3.63) is 23.5 Å². The maximum Gasteiger partial charge on any atom is 0.193 e. The lowest BCUT2D eigenvalue weighted by atomic mass is 10.3. The molecule has 0 fully saturated rings. The van der Waals surface area contributed by atoms with E-state index in [0.29, 0.717) is 6.04 Å². The van der Waals surface area contributed by atoms with Gasteiger partial charge in [-0.1, -0.05) is 0 Å². The minimum atomic E-state index is 0.530. The Hall–Kier alpha value is -0.910. The summed E-state index contributed by atoms with van der Waals surface area (Å²) in [5.41, 5.74) is 1.34. The highest BCUT2D eigenvalue weighted by molar-refractivity contribution is 7.15. The van der Waals surface area contributed by atoms with Crippen molar-refractivity contribution >= 4 is 16.3 Å². The monoisotopic (exact) mass is 252 g/mol. The molecule has 0 aliphatic rings. The second-order valence-corrected chi connectivity index (χ2v) is 5.51. The van der Waals surface area contributed by atoms with Gasteiger partial charge in [0.05, 0.1) is 0 Å². The van der Waals surface area contributed by atoms with E-state index < -0.39 is 0 Å². The number of hydrogen-bond donors (Lipinski definition) is 1. The van der Waals surface area contributed by atoms with E-state index in [1.807, 2.05) is 12.4 Å². The van der Waals surface area contributed by atoms with E-state index in [1.54, 1.807) is 11.3 Å². The molecule has 1 unspecified atom stereocenters. The topological polar surface area (TPSA) is 32.6 Å². The van der Waals surface area contributed by atoms with Crippen LogP contribution in [0.25, 0.3) is 4.96 Å². The van der Waals surface area contributed by atoms with Crippen LogP contribution in [-0.4, -0.2) is 47.5 Å². The van der Waals surface area contributed by atoms with Crippen LogP contribution in [0, 0.1) is 0 Å². The maximum absolute atomic E-state index is 4.28. The lowest BCUT2D eigenvalue weighted by molar-refractivity contribution is 0.351. The summed E-state index contributed by atoms with van der Waals surface area (Å²) >= 11 is 1.71. The van der Waals surface area contributed by atoms with Crippen LogP contribution in [0.2, 0.25) is 0 Å². The van der Waals surface area contributed by atoms with Crippen LogP contribution >= 0.6 is 11.3 Å². The largest absolute Gasteiger partial charge is 0.313 e. The maximum atomic E-state index is 4.28. The molecule has 0 saturated carbocycles. The third kappa shape index (κ3) is 3.28. The molecule has 0 aliphatic heterocycles. The van der Waals surface area contributed by atoms with Crippen molar-refractivity contribution in [2.45, 2.75) is 19.4 Å². The fraction of sp³-hybridized carbons (Fsp3) is 0.583. The number of rotatable bonds is 6. The molecule has 5 heteroatoms. The van der Waals surface area contributed by atoms with Gasteiger partial charge in [-0.3, -0.25) is 4.40 Å². The number of fused-ring (bicyclic) bond motifs is 1. The first-order valence-corrected chi connectivity index (χ1v) is 6.82. The SMILES string of the molecule is CC(CN(C)C)NCCc1csc2nccn12. The van der Waals surface area contributed by atoms with Gasteiger partial charge >= 0.3 is 0 Å². The Morgan fingerprint density at radius 3 is 3.12 bits per heavy atom. The smallest absolute Gasteiger partial charge is 0.193 e. The minimum absolute atomic E-state index is 0.530. The molecule has 0 aromatic carbocycles. The van der Waals surface area contributed by atoms with Crippen LogP contribution in [0.15, 0.2) is 17.8 Å². The molecule has 0 saturated heterocycles. The molecule has 17 heavy (non-hydrogen) atoms. The van der Waals surface area contributed by atoms with Gasteiger partial charge < -0.3 is 10.2 Å². The Bertz CT molecular complexity index is 460. The summed E-state index contributed by atoms with van der Waals surface area (Å²) < 4.78 is 2.17. The van der Waals surface area contributed by atoms with Gasteiger partial charge in [0.15, 0.2) is 4.96 Å². The normalized spacial score (nSPS) is 13.6. The molecular weight excluding hydrogens is 232 g/mol. The van der Waals surface area contributed by atoms with E-state index in [1.165, 1.54) is 5.69 Å². The van der Waals surface area contributed by atoms with Gasteiger partial charge in [0.25, 0.3) is 0 Å². The number of hydrogen-bond acceptors (Lipinski definition) is 4. The highest BCUT2D eigenvalue weighted by Crippen LogP contribution is 2.14. The first-order valence-electron chi connectivity index (χ1n) is 5.94. The molecule has 2 heterocycles. The zero-order valence-electron chi connectivity index (χ0n) is 10.7. The van der Waals surface area contributed by atoms with Crippen molar-refractivity contribution in [1.82, 2.24) is 19.6 Å². The number of imidazole rings is 1. The van der Waals surface area contributed by atoms with E-state index in [2.05, 4.69) is 46.0 Å². The van der Waals surface area contributed by atoms with Crippen LogP contribution in [0.3, 0.4) is 0 Å². The standard InChI is InChI=1S/C12H20N4S/c1-10(8-15(2)3)13-5-4-11-9-17-12-14-6-7-16(11)12/h6-7,9-10,13H,4-5,8H2,1-3H3. The number of thiazole rings is 1. The molecule has 0 amide bonds. The van der Waals surface area contributed by atoms with Gasteiger partial charge in [-0.2, -0.15) is 0 Å². The lowest BCUT2D eigenvalue weighted by Gasteiger charge is -2.18. The molecule has 0 aliphatic carbocycles. The van der Waals surface area contributed by atoms with Crippen LogP contribution < -0.4 is 5.32 Å². The van der Waals surface area contributed by atoms with Crippen molar-refractivity contribution in [2.75, 3.05) is 27.2 Å². The molecule has 94 valence electrons. The van der Waals surface area contributed by atoms with Crippen LogP contribution in [0.1, 0.15) is 12.6 Å². The Balaban J connectivity index is 1.81. The zero-order chi connectivity index (χ0) is 12.3.